The number of nitrogens with zero attached hydrogens (tertiary/aromatic N) is 2. The lowest BCUT2D eigenvalue weighted by Gasteiger charge is -2.31. The fourth-order valence-electron chi connectivity index (χ4n) is 3.87. The SMILES string of the molecule is CCCCN1C(=O)c2ccc(C(=O)OCC(=O)NC3(C#N)CCCCC3)cc2C1=O. The summed E-state index contributed by atoms with van der Waals surface area (Å²) in [6, 6.07) is 6.35. The molecule has 0 unspecified atom stereocenters. The summed E-state index contributed by atoms with van der Waals surface area (Å²) in [5.41, 5.74) is -0.378. The van der Waals surface area contributed by atoms with Gasteiger partial charge in [0.1, 0.15) is 5.54 Å². The van der Waals surface area contributed by atoms with Gasteiger partial charge in [0.15, 0.2) is 6.61 Å². The van der Waals surface area contributed by atoms with Crippen LogP contribution in [0.15, 0.2) is 18.2 Å². The Balaban J connectivity index is 1.61. The van der Waals surface area contributed by atoms with E-state index in [1.54, 1.807) is 0 Å². The lowest BCUT2D eigenvalue weighted by Crippen LogP contribution is -2.50. The monoisotopic (exact) mass is 411 g/mol. The number of ether oxygens (including phenoxy) is 1. The Morgan fingerprint density at radius 2 is 1.87 bits per heavy atom. The number of hydrogen-bond donors (Lipinski definition) is 1. The minimum atomic E-state index is -0.899. The van der Waals surface area contributed by atoms with Crippen molar-refractivity contribution in [2.24, 2.45) is 0 Å². The molecule has 1 aliphatic heterocycles. The number of carbonyl (C=O) groups excluding carboxylic acids is 4. The number of rotatable bonds is 7. The summed E-state index contributed by atoms with van der Waals surface area (Å²) in [6.45, 7) is 1.79. The third-order valence-electron chi connectivity index (χ3n) is 5.58. The number of esters is 1. The number of benzene rings is 1. The van der Waals surface area contributed by atoms with Crippen LogP contribution in [0.25, 0.3) is 0 Å². The van der Waals surface area contributed by atoms with Crippen LogP contribution in [-0.2, 0) is 9.53 Å². The van der Waals surface area contributed by atoms with E-state index in [-0.39, 0.29) is 22.6 Å². The lowest BCUT2D eigenvalue weighted by molar-refractivity contribution is -0.125. The second-order valence-electron chi connectivity index (χ2n) is 7.75. The fraction of sp³-hybridized carbons (Fsp3) is 0.500. The topological polar surface area (TPSA) is 117 Å². The average molecular weight is 411 g/mol. The molecule has 3 amide bonds. The van der Waals surface area contributed by atoms with Crippen LogP contribution in [0.2, 0.25) is 0 Å². The van der Waals surface area contributed by atoms with E-state index in [0.29, 0.717) is 25.8 Å². The summed E-state index contributed by atoms with van der Waals surface area (Å²) in [7, 11) is 0. The quantitative estimate of drug-likeness (QED) is 0.544. The third kappa shape index (κ3) is 4.35. The van der Waals surface area contributed by atoms with Crippen molar-refractivity contribution in [3.8, 4) is 6.07 Å². The molecule has 1 N–H and O–H groups in total. The lowest BCUT2D eigenvalue weighted by atomic mass is 9.83. The zero-order valence-electron chi connectivity index (χ0n) is 17.0. The molecular formula is C22H25N3O5. The molecule has 1 aliphatic carbocycles. The van der Waals surface area contributed by atoms with Gasteiger partial charge in [0, 0.05) is 6.54 Å². The minimum Gasteiger partial charge on any atom is -0.452 e. The largest absolute Gasteiger partial charge is 0.452 e. The summed E-state index contributed by atoms with van der Waals surface area (Å²) in [5.74, 6) is -2.10. The van der Waals surface area contributed by atoms with Crippen molar-refractivity contribution in [3.05, 3.63) is 34.9 Å². The molecule has 158 valence electrons. The highest BCUT2D eigenvalue weighted by atomic mass is 16.5. The molecule has 8 heteroatoms. The molecular weight excluding hydrogens is 386 g/mol. The fourth-order valence-corrected chi connectivity index (χ4v) is 3.87. The van der Waals surface area contributed by atoms with Gasteiger partial charge in [-0.1, -0.05) is 32.6 Å². The third-order valence-corrected chi connectivity index (χ3v) is 5.58. The van der Waals surface area contributed by atoms with Crippen LogP contribution in [0.3, 0.4) is 0 Å². The predicted octanol–water partition coefficient (Wildman–Crippen LogP) is 2.58. The number of nitriles is 1. The molecule has 0 radical (unpaired) electrons. The van der Waals surface area contributed by atoms with Crippen molar-refractivity contribution in [2.45, 2.75) is 57.4 Å². The van der Waals surface area contributed by atoms with Crippen molar-refractivity contribution < 1.29 is 23.9 Å². The van der Waals surface area contributed by atoms with Crippen LogP contribution >= 0.6 is 0 Å². The van der Waals surface area contributed by atoms with Gasteiger partial charge in [0.05, 0.1) is 22.8 Å². The normalized spacial score (nSPS) is 17.3. The Morgan fingerprint density at radius 1 is 1.17 bits per heavy atom. The first kappa shape index (κ1) is 21.5. The van der Waals surface area contributed by atoms with E-state index in [0.717, 1.165) is 25.7 Å². The van der Waals surface area contributed by atoms with Gasteiger partial charge >= 0.3 is 5.97 Å². The highest BCUT2D eigenvalue weighted by Crippen LogP contribution is 2.27. The van der Waals surface area contributed by atoms with Gasteiger partial charge in [-0.25, -0.2) is 4.79 Å². The minimum absolute atomic E-state index is 0.0905. The Kier molecular flexibility index (Phi) is 6.50. The van der Waals surface area contributed by atoms with Gasteiger partial charge in [-0.2, -0.15) is 5.26 Å². The zero-order chi connectivity index (χ0) is 21.7. The predicted molar refractivity (Wildman–Crippen MR) is 107 cm³/mol. The van der Waals surface area contributed by atoms with Crippen LogP contribution in [0.4, 0.5) is 0 Å². The van der Waals surface area contributed by atoms with Crippen molar-refractivity contribution in [1.82, 2.24) is 10.2 Å². The number of carbonyl (C=O) groups is 4. The molecule has 1 fully saturated rings. The standard InChI is InChI=1S/C22H25N3O5/c1-2-3-11-25-19(27)16-8-7-15(12-17(16)20(25)28)21(29)30-13-18(26)24-22(14-23)9-5-4-6-10-22/h7-8,12H,2-6,9-11,13H2,1H3,(H,24,26). The second-order valence-corrected chi connectivity index (χ2v) is 7.75. The number of amides is 3. The molecule has 2 aliphatic rings. The molecule has 0 aromatic heterocycles. The number of unbranched alkanes of at least 4 members (excludes halogenated alkanes) is 1. The van der Waals surface area contributed by atoms with Crippen LogP contribution in [-0.4, -0.2) is 47.3 Å². The summed E-state index contributed by atoms with van der Waals surface area (Å²) < 4.78 is 5.06. The first-order chi connectivity index (χ1) is 14.4. The molecule has 0 atom stereocenters. The van der Waals surface area contributed by atoms with Gasteiger partial charge < -0.3 is 10.1 Å². The maximum atomic E-state index is 12.5. The summed E-state index contributed by atoms with van der Waals surface area (Å²) in [4.78, 5) is 50.6. The van der Waals surface area contributed by atoms with Crippen LogP contribution < -0.4 is 5.32 Å². The van der Waals surface area contributed by atoms with Crippen molar-refractivity contribution in [2.75, 3.05) is 13.2 Å². The van der Waals surface area contributed by atoms with E-state index in [1.165, 1.54) is 23.1 Å². The number of imide groups is 1. The van der Waals surface area contributed by atoms with Gasteiger partial charge in [-0.05, 0) is 37.5 Å². The molecule has 8 nitrogen and oxygen atoms in total. The molecule has 1 heterocycles. The average Bonchev–Trinajstić information content (AvgIpc) is 3.00. The maximum absolute atomic E-state index is 12.5. The first-order valence-corrected chi connectivity index (χ1v) is 10.3. The Morgan fingerprint density at radius 3 is 2.53 bits per heavy atom. The maximum Gasteiger partial charge on any atom is 0.338 e. The summed E-state index contributed by atoms with van der Waals surface area (Å²) >= 11 is 0. The van der Waals surface area contributed by atoms with E-state index < -0.39 is 29.9 Å². The van der Waals surface area contributed by atoms with Gasteiger partial charge in [0.25, 0.3) is 17.7 Å². The number of nitrogens with one attached hydrogen (secondary N) is 1. The Labute approximate surface area is 175 Å². The van der Waals surface area contributed by atoms with E-state index in [9.17, 15) is 24.4 Å². The zero-order valence-corrected chi connectivity index (χ0v) is 17.0. The molecule has 3 rings (SSSR count). The number of fused-ring (bicyclic) bond motifs is 1. The molecule has 0 bridgehead atoms. The molecule has 0 saturated heterocycles. The Bertz CT molecular complexity index is 912. The van der Waals surface area contributed by atoms with Crippen molar-refractivity contribution in [3.63, 3.8) is 0 Å². The van der Waals surface area contributed by atoms with Gasteiger partial charge in [0.2, 0.25) is 0 Å². The smallest absolute Gasteiger partial charge is 0.338 e. The highest BCUT2D eigenvalue weighted by Gasteiger charge is 2.36. The number of hydrogen-bond acceptors (Lipinski definition) is 6. The van der Waals surface area contributed by atoms with E-state index in [4.69, 9.17) is 4.74 Å². The molecule has 1 aromatic rings. The van der Waals surface area contributed by atoms with Gasteiger partial charge in [-0.15, -0.1) is 0 Å². The molecule has 30 heavy (non-hydrogen) atoms. The first-order valence-electron chi connectivity index (χ1n) is 10.3. The summed E-state index contributed by atoms with van der Waals surface area (Å²) in [6.07, 6.45) is 5.48. The van der Waals surface area contributed by atoms with Crippen LogP contribution in [0.1, 0.15) is 82.9 Å². The van der Waals surface area contributed by atoms with Crippen LogP contribution in [0, 0.1) is 11.3 Å². The summed E-state index contributed by atoms with van der Waals surface area (Å²) in [5, 5.41) is 12.1. The van der Waals surface area contributed by atoms with Crippen molar-refractivity contribution >= 4 is 23.7 Å². The van der Waals surface area contributed by atoms with Gasteiger partial charge in [-0.3, -0.25) is 19.3 Å². The molecule has 1 aromatic carbocycles. The van der Waals surface area contributed by atoms with E-state index in [2.05, 4.69) is 11.4 Å². The highest BCUT2D eigenvalue weighted by molar-refractivity contribution is 6.21. The van der Waals surface area contributed by atoms with Crippen LogP contribution in [0.5, 0.6) is 0 Å². The second kappa shape index (κ2) is 9.08. The molecule has 0 spiro atoms. The van der Waals surface area contributed by atoms with E-state index >= 15 is 0 Å². The molecule has 1 saturated carbocycles. The van der Waals surface area contributed by atoms with Crippen molar-refractivity contribution in [1.29, 1.82) is 5.26 Å². The van der Waals surface area contributed by atoms with E-state index in [1.807, 2.05) is 6.92 Å². The Hall–Kier alpha value is -3.21.